The first-order valence-electron chi connectivity index (χ1n) is 11.5. The van der Waals surface area contributed by atoms with Crippen molar-refractivity contribution in [1.82, 2.24) is 9.80 Å². The molecule has 0 N–H and O–H groups in total. The molecule has 3 aromatic rings. The number of hydrogen-bond donors (Lipinski definition) is 0. The molecule has 3 heterocycles. The second kappa shape index (κ2) is 7.94. The summed E-state index contributed by atoms with van der Waals surface area (Å²) in [5, 5.41) is 0. The number of alkyl halides is 3. The average Bonchev–Trinajstić information content (AvgIpc) is 3.55. The molecule has 182 valence electrons. The van der Waals surface area contributed by atoms with Gasteiger partial charge >= 0.3 is 12.2 Å². The highest BCUT2D eigenvalue weighted by molar-refractivity contribution is 6.22. The Hall–Kier alpha value is -4.14. The van der Waals surface area contributed by atoms with Crippen LogP contribution in [0.3, 0.4) is 0 Å². The Balaban J connectivity index is 1.24. The number of imide groups is 1. The Morgan fingerprint density at radius 2 is 1.56 bits per heavy atom. The van der Waals surface area contributed by atoms with Crippen LogP contribution in [0.5, 0.6) is 0 Å². The van der Waals surface area contributed by atoms with Gasteiger partial charge in [-0.15, -0.1) is 0 Å². The summed E-state index contributed by atoms with van der Waals surface area (Å²) in [5.41, 5.74) is 1.40. The molecular weight excluding hydrogens is 471 g/mol. The molecule has 0 aliphatic carbocycles. The number of fused-ring (bicyclic) bond motifs is 5. The summed E-state index contributed by atoms with van der Waals surface area (Å²) in [7, 11) is 0. The third kappa shape index (κ3) is 3.37. The number of urea groups is 1. The summed E-state index contributed by atoms with van der Waals surface area (Å²) in [6.07, 6.45) is -4.14. The van der Waals surface area contributed by atoms with E-state index in [2.05, 4.69) is 0 Å². The van der Waals surface area contributed by atoms with E-state index in [-0.39, 0.29) is 24.2 Å². The van der Waals surface area contributed by atoms with Crippen LogP contribution < -0.4 is 4.90 Å². The molecule has 0 saturated carbocycles. The smallest absolute Gasteiger partial charge is 0.331 e. The standard InChI is InChI=1S/C27H20F3N3O3/c28-27(29,30)19-7-4-8-20(13-19)33-25(35)23-22-14-21(32(23)26(33)36)15-31(22)24(34)18-11-9-17(10-12-18)16-5-2-1-3-6-16/h1-13,21-23H,14-15H2/t21?,22-,23-/m1/s1. The molecule has 4 amide bonds. The van der Waals surface area contributed by atoms with Crippen LogP contribution in [0.15, 0.2) is 78.9 Å². The summed E-state index contributed by atoms with van der Waals surface area (Å²) in [6, 6.07) is 18.7. The van der Waals surface area contributed by atoms with Crippen molar-refractivity contribution >= 4 is 23.5 Å². The minimum absolute atomic E-state index is 0.122. The normalized spacial score (nSPS) is 23.0. The van der Waals surface area contributed by atoms with E-state index in [1.165, 1.54) is 17.0 Å². The number of benzene rings is 3. The van der Waals surface area contributed by atoms with Crippen LogP contribution in [0.1, 0.15) is 22.3 Å². The van der Waals surface area contributed by atoms with E-state index in [4.69, 9.17) is 0 Å². The van der Waals surface area contributed by atoms with Crippen molar-refractivity contribution in [3.05, 3.63) is 90.0 Å². The highest BCUT2D eigenvalue weighted by Crippen LogP contribution is 2.43. The first-order chi connectivity index (χ1) is 17.2. The van der Waals surface area contributed by atoms with E-state index in [9.17, 15) is 27.6 Å². The molecule has 1 unspecified atom stereocenters. The average molecular weight is 491 g/mol. The lowest BCUT2D eigenvalue weighted by Gasteiger charge is -2.35. The van der Waals surface area contributed by atoms with Crippen LogP contribution in [0.4, 0.5) is 23.7 Å². The van der Waals surface area contributed by atoms with E-state index >= 15 is 0 Å². The SMILES string of the molecule is O=C1[C@H]2[C@H]3CC(CN3C(=O)c3ccc(-c4ccccc4)cc3)N2C(=O)N1c1cccc(C(F)(F)F)c1. The third-order valence-electron chi connectivity index (χ3n) is 7.20. The van der Waals surface area contributed by atoms with Crippen LogP contribution in [0.2, 0.25) is 0 Å². The third-order valence-corrected chi connectivity index (χ3v) is 7.20. The summed E-state index contributed by atoms with van der Waals surface area (Å²) < 4.78 is 39.6. The molecule has 6 rings (SSSR count). The van der Waals surface area contributed by atoms with Crippen LogP contribution in [0, 0.1) is 0 Å². The summed E-state index contributed by atoms with van der Waals surface area (Å²) in [6.45, 7) is 0.274. The Kier molecular flexibility index (Phi) is 4.93. The number of piperazine rings is 1. The van der Waals surface area contributed by atoms with Crippen LogP contribution in [-0.4, -0.2) is 52.3 Å². The maximum atomic E-state index is 13.3. The molecule has 6 nitrogen and oxygen atoms in total. The summed E-state index contributed by atoms with van der Waals surface area (Å²) in [5.74, 6) is -0.844. The number of amides is 4. The van der Waals surface area contributed by atoms with Gasteiger partial charge in [0.25, 0.3) is 11.8 Å². The fourth-order valence-electron chi connectivity index (χ4n) is 5.55. The van der Waals surface area contributed by atoms with Crippen molar-refractivity contribution < 1.29 is 27.6 Å². The number of carbonyl (C=O) groups excluding carboxylic acids is 3. The monoisotopic (exact) mass is 491 g/mol. The Morgan fingerprint density at radius 1 is 0.861 bits per heavy atom. The molecule has 0 spiro atoms. The highest BCUT2D eigenvalue weighted by atomic mass is 19.4. The second-order valence-electron chi connectivity index (χ2n) is 9.21. The van der Waals surface area contributed by atoms with Gasteiger partial charge in [-0.2, -0.15) is 13.2 Å². The minimum atomic E-state index is -4.60. The number of anilines is 1. The quantitative estimate of drug-likeness (QED) is 0.495. The number of carbonyl (C=O) groups is 3. The number of rotatable bonds is 3. The van der Waals surface area contributed by atoms with E-state index < -0.39 is 35.8 Å². The Labute approximate surface area is 204 Å². The maximum Gasteiger partial charge on any atom is 0.416 e. The molecule has 3 atom stereocenters. The fraction of sp³-hybridized carbons (Fsp3) is 0.222. The number of nitrogens with zero attached hydrogens (tertiary/aromatic N) is 3. The van der Waals surface area contributed by atoms with Crippen LogP contribution in [-0.2, 0) is 11.0 Å². The van der Waals surface area contributed by atoms with Gasteiger partial charge in [0.2, 0.25) is 0 Å². The Morgan fingerprint density at radius 3 is 2.25 bits per heavy atom. The summed E-state index contributed by atoms with van der Waals surface area (Å²) >= 11 is 0. The molecule has 9 heteroatoms. The first-order valence-corrected chi connectivity index (χ1v) is 11.5. The first kappa shape index (κ1) is 22.3. The lowest BCUT2D eigenvalue weighted by molar-refractivity contribution is -0.137. The van der Waals surface area contributed by atoms with Gasteiger partial charge in [-0.1, -0.05) is 48.5 Å². The predicted octanol–water partition coefficient (Wildman–Crippen LogP) is 4.81. The van der Waals surface area contributed by atoms with Gasteiger partial charge in [-0.05, 0) is 47.9 Å². The molecule has 3 saturated heterocycles. The van der Waals surface area contributed by atoms with Crippen molar-refractivity contribution in [2.24, 2.45) is 0 Å². The fourth-order valence-corrected chi connectivity index (χ4v) is 5.55. The Bertz CT molecular complexity index is 1370. The molecule has 0 radical (unpaired) electrons. The van der Waals surface area contributed by atoms with Gasteiger partial charge in [0.15, 0.2) is 0 Å². The van der Waals surface area contributed by atoms with Crippen molar-refractivity contribution in [2.75, 3.05) is 11.4 Å². The van der Waals surface area contributed by atoms with Gasteiger partial charge < -0.3 is 9.80 Å². The lowest BCUT2D eigenvalue weighted by Crippen LogP contribution is -2.54. The van der Waals surface area contributed by atoms with Crippen molar-refractivity contribution in [2.45, 2.75) is 30.7 Å². The topological polar surface area (TPSA) is 60.9 Å². The van der Waals surface area contributed by atoms with E-state index in [1.54, 1.807) is 17.0 Å². The van der Waals surface area contributed by atoms with E-state index in [0.29, 0.717) is 12.0 Å². The van der Waals surface area contributed by atoms with E-state index in [1.807, 2.05) is 42.5 Å². The highest BCUT2D eigenvalue weighted by Gasteiger charge is 2.63. The van der Waals surface area contributed by atoms with Crippen LogP contribution in [0.25, 0.3) is 11.1 Å². The zero-order valence-electron chi connectivity index (χ0n) is 18.9. The molecule has 3 fully saturated rings. The molecule has 0 aromatic heterocycles. The van der Waals surface area contributed by atoms with E-state index in [0.717, 1.165) is 28.2 Å². The molecule has 3 aliphatic rings. The molecular formula is C27H20F3N3O3. The summed E-state index contributed by atoms with van der Waals surface area (Å²) in [4.78, 5) is 43.6. The zero-order valence-corrected chi connectivity index (χ0v) is 18.9. The van der Waals surface area contributed by atoms with Crippen molar-refractivity contribution in [3.8, 4) is 11.1 Å². The lowest BCUT2D eigenvalue weighted by atomic mass is 10.0. The number of halogens is 3. The van der Waals surface area contributed by atoms with Gasteiger partial charge in [-0.3, -0.25) is 9.59 Å². The minimum Gasteiger partial charge on any atom is -0.331 e. The predicted molar refractivity (Wildman–Crippen MR) is 125 cm³/mol. The number of likely N-dealkylation sites (tertiary alicyclic amines) is 1. The zero-order chi connectivity index (χ0) is 25.2. The molecule has 3 aromatic carbocycles. The number of hydrogen-bond acceptors (Lipinski definition) is 3. The molecule has 3 aliphatic heterocycles. The molecule has 2 bridgehead atoms. The largest absolute Gasteiger partial charge is 0.416 e. The maximum absolute atomic E-state index is 13.3. The van der Waals surface area contributed by atoms with Crippen molar-refractivity contribution in [3.63, 3.8) is 0 Å². The second-order valence-corrected chi connectivity index (χ2v) is 9.21. The molecule has 36 heavy (non-hydrogen) atoms. The van der Waals surface area contributed by atoms with Gasteiger partial charge in [-0.25, -0.2) is 9.69 Å². The van der Waals surface area contributed by atoms with Crippen LogP contribution >= 0.6 is 0 Å². The van der Waals surface area contributed by atoms with Gasteiger partial charge in [0, 0.05) is 12.1 Å². The van der Waals surface area contributed by atoms with Gasteiger partial charge in [0.05, 0.1) is 23.3 Å². The van der Waals surface area contributed by atoms with Crippen molar-refractivity contribution in [1.29, 1.82) is 0 Å². The van der Waals surface area contributed by atoms with Gasteiger partial charge in [0.1, 0.15) is 6.04 Å².